The lowest BCUT2D eigenvalue weighted by molar-refractivity contribution is -0.119. The Morgan fingerprint density at radius 3 is 2.82 bits per heavy atom. The molecule has 8 nitrogen and oxygen atoms in total. The van der Waals surface area contributed by atoms with Crippen LogP contribution >= 0.6 is 11.8 Å². The van der Waals surface area contributed by atoms with E-state index in [-0.39, 0.29) is 5.91 Å². The van der Waals surface area contributed by atoms with Crippen LogP contribution in [0, 0.1) is 0 Å². The predicted molar refractivity (Wildman–Crippen MR) is 105 cm³/mol. The number of thioether (sulfide) groups is 1. The SMILES string of the molecule is COc1ccc(Cc2nnc3n2N=C(c2ccc(CNC(C)=O)o2)CS3)cc1. The Labute approximate surface area is 166 Å². The summed E-state index contributed by atoms with van der Waals surface area (Å²) in [5.74, 6) is 3.49. The molecule has 28 heavy (non-hydrogen) atoms. The van der Waals surface area contributed by atoms with Crippen LogP contribution in [0.2, 0.25) is 0 Å². The Morgan fingerprint density at radius 1 is 1.25 bits per heavy atom. The average molecular weight is 397 g/mol. The molecule has 3 aromatic rings. The van der Waals surface area contributed by atoms with Crippen molar-refractivity contribution in [2.24, 2.45) is 5.10 Å². The molecule has 1 aliphatic rings. The monoisotopic (exact) mass is 397 g/mol. The fourth-order valence-corrected chi connectivity index (χ4v) is 3.60. The fraction of sp³-hybridized carbons (Fsp3) is 0.263. The number of nitrogens with one attached hydrogen (secondary N) is 1. The summed E-state index contributed by atoms with van der Waals surface area (Å²) in [6.07, 6.45) is 0.611. The third-order valence-corrected chi connectivity index (χ3v) is 5.14. The molecule has 9 heteroatoms. The second-order valence-corrected chi connectivity index (χ2v) is 7.19. The summed E-state index contributed by atoms with van der Waals surface area (Å²) in [5.41, 5.74) is 1.90. The second-order valence-electron chi connectivity index (χ2n) is 6.25. The molecule has 144 valence electrons. The van der Waals surface area contributed by atoms with Crippen molar-refractivity contribution in [3.05, 3.63) is 59.3 Å². The van der Waals surface area contributed by atoms with Crippen molar-refractivity contribution in [3.63, 3.8) is 0 Å². The van der Waals surface area contributed by atoms with E-state index in [0.29, 0.717) is 30.2 Å². The molecule has 0 spiro atoms. The van der Waals surface area contributed by atoms with Crippen LogP contribution in [0.1, 0.15) is 29.8 Å². The van der Waals surface area contributed by atoms with Gasteiger partial charge in [0, 0.05) is 19.1 Å². The van der Waals surface area contributed by atoms with Crippen LogP contribution in [0.5, 0.6) is 5.75 Å². The van der Waals surface area contributed by atoms with Crippen molar-refractivity contribution < 1.29 is 13.9 Å². The van der Waals surface area contributed by atoms with E-state index in [9.17, 15) is 4.79 Å². The highest BCUT2D eigenvalue weighted by molar-refractivity contribution is 7.99. The van der Waals surface area contributed by atoms with Gasteiger partial charge >= 0.3 is 0 Å². The van der Waals surface area contributed by atoms with Gasteiger partial charge in [-0.3, -0.25) is 4.79 Å². The smallest absolute Gasteiger partial charge is 0.217 e. The minimum atomic E-state index is -0.0965. The number of furan rings is 1. The topological polar surface area (TPSA) is 94.5 Å². The Bertz CT molecular complexity index is 1020. The molecule has 0 saturated heterocycles. The van der Waals surface area contributed by atoms with E-state index in [1.165, 1.54) is 6.92 Å². The number of aromatic nitrogens is 3. The minimum Gasteiger partial charge on any atom is -0.497 e. The first-order chi connectivity index (χ1) is 13.6. The Hall–Kier alpha value is -3.07. The van der Waals surface area contributed by atoms with Crippen molar-refractivity contribution >= 4 is 23.4 Å². The van der Waals surface area contributed by atoms with Crippen LogP contribution in [0.25, 0.3) is 0 Å². The molecule has 0 saturated carbocycles. The number of fused-ring (bicyclic) bond motifs is 1. The van der Waals surface area contributed by atoms with Crippen LogP contribution in [-0.2, 0) is 17.8 Å². The number of hydrogen-bond donors (Lipinski definition) is 1. The number of carbonyl (C=O) groups excluding carboxylic acids is 1. The summed E-state index contributed by atoms with van der Waals surface area (Å²) in [6, 6.07) is 11.6. The molecule has 0 unspecified atom stereocenters. The van der Waals surface area contributed by atoms with E-state index in [1.807, 2.05) is 36.4 Å². The van der Waals surface area contributed by atoms with E-state index in [1.54, 1.807) is 23.5 Å². The fourth-order valence-electron chi connectivity index (χ4n) is 2.76. The van der Waals surface area contributed by atoms with Crippen LogP contribution in [0.3, 0.4) is 0 Å². The zero-order chi connectivity index (χ0) is 19.5. The van der Waals surface area contributed by atoms with Gasteiger partial charge in [-0.15, -0.1) is 10.2 Å². The van der Waals surface area contributed by atoms with E-state index in [2.05, 4.69) is 15.5 Å². The van der Waals surface area contributed by atoms with Crippen LogP contribution in [-0.4, -0.2) is 39.4 Å². The van der Waals surface area contributed by atoms with E-state index in [0.717, 1.165) is 28.0 Å². The number of benzene rings is 1. The highest BCUT2D eigenvalue weighted by atomic mass is 32.2. The summed E-state index contributed by atoms with van der Waals surface area (Å²) in [5, 5.41) is 16.7. The van der Waals surface area contributed by atoms with Gasteiger partial charge in [0.1, 0.15) is 17.2 Å². The number of rotatable bonds is 6. The second kappa shape index (κ2) is 7.89. The van der Waals surface area contributed by atoms with Crippen molar-refractivity contribution in [2.45, 2.75) is 25.0 Å². The van der Waals surface area contributed by atoms with Crippen LogP contribution < -0.4 is 10.1 Å². The van der Waals surface area contributed by atoms with Gasteiger partial charge in [0.15, 0.2) is 11.6 Å². The van der Waals surface area contributed by atoms with Gasteiger partial charge in [0.2, 0.25) is 11.1 Å². The maximum absolute atomic E-state index is 11.1. The number of hydrogen-bond acceptors (Lipinski definition) is 7. The molecule has 0 fully saturated rings. The van der Waals surface area contributed by atoms with Crippen molar-refractivity contribution in [1.82, 2.24) is 20.2 Å². The molecule has 0 atom stereocenters. The Kier molecular flexibility index (Phi) is 5.16. The molecule has 0 aliphatic carbocycles. The first-order valence-corrected chi connectivity index (χ1v) is 9.72. The molecule has 0 bridgehead atoms. The van der Waals surface area contributed by atoms with E-state index in [4.69, 9.17) is 14.3 Å². The molecule has 1 aromatic carbocycles. The van der Waals surface area contributed by atoms with Gasteiger partial charge < -0.3 is 14.5 Å². The summed E-state index contributed by atoms with van der Waals surface area (Å²) >= 11 is 1.57. The third kappa shape index (κ3) is 3.94. The summed E-state index contributed by atoms with van der Waals surface area (Å²) in [4.78, 5) is 11.1. The van der Waals surface area contributed by atoms with Gasteiger partial charge in [-0.05, 0) is 29.8 Å². The zero-order valence-electron chi connectivity index (χ0n) is 15.5. The van der Waals surface area contributed by atoms with Gasteiger partial charge in [-0.1, -0.05) is 23.9 Å². The van der Waals surface area contributed by atoms with Gasteiger partial charge in [-0.25, -0.2) is 0 Å². The maximum Gasteiger partial charge on any atom is 0.217 e. The van der Waals surface area contributed by atoms with Crippen molar-refractivity contribution in [1.29, 1.82) is 0 Å². The quantitative estimate of drug-likeness (QED) is 0.687. The molecule has 1 amide bonds. The molecule has 0 radical (unpaired) electrons. The van der Waals surface area contributed by atoms with Crippen LogP contribution in [0.15, 0.2) is 51.1 Å². The van der Waals surface area contributed by atoms with Gasteiger partial charge in [0.25, 0.3) is 0 Å². The average Bonchev–Trinajstić information content (AvgIpc) is 3.34. The number of ether oxygens (including phenoxy) is 1. The number of methoxy groups -OCH3 is 1. The summed E-state index contributed by atoms with van der Waals surface area (Å²) in [7, 11) is 1.65. The van der Waals surface area contributed by atoms with E-state index >= 15 is 0 Å². The highest BCUT2D eigenvalue weighted by Crippen LogP contribution is 2.26. The normalized spacial score (nSPS) is 13.0. The Balaban J connectivity index is 1.54. The standard InChI is InChI=1S/C19H19N5O3S/c1-12(25)20-10-15-7-8-17(27-15)16-11-28-19-22-21-18(24(19)23-16)9-13-3-5-14(26-2)6-4-13/h3-8H,9-11H2,1-2H3,(H,20,25). The lowest BCUT2D eigenvalue weighted by Crippen LogP contribution is -2.18. The molecule has 2 aromatic heterocycles. The molecule has 1 N–H and O–H groups in total. The van der Waals surface area contributed by atoms with Gasteiger partial charge in [-0.2, -0.15) is 9.78 Å². The molecular formula is C19H19N5O3S. The van der Waals surface area contributed by atoms with Crippen molar-refractivity contribution in [2.75, 3.05) is 12.9 Å². The van der Waals surface area contributed by atoms with Crippen molar-refractivity contribution in [3.8, 4) is 5.75 Å². The summed E-state index contributed by atoms with van der Waals surface area (Å²) in [6.45, 7) is 1.83. The third-order valence-electron chi connectivity index (χ3n) is 4.21. The molecule has 4 rings (SSSR count). The highest BCUT2D eigenvalue weighted by Gasteiger charge is 2.21. The lowest BCUT2D eigenvalue weighted by atomic mass is 10.1. The zero-order valence-corrected chi connectivity index (χ0v) is 16.3. The lowest BCUT2D eigenvalue weighted by Gasteiger charge is -2.12. The molecule has 1 aliphatic heterocycles. The number of nitrogens with zero attached hydrogens (tertiary/aromatic N) is 4. The largest absolute Gasteiger partial charge is 0.497 e. The minimum absolute atomic E-state index is 0.0965. The first kappa shape index (κ1) is 18.3. The Morgan fingerprint density at radius 2 is 2.07 bits per heavy atom. The predicted octanol–water partition coefficient (Wildman–Crippen LogP) is 2.46. The van der Waals surface area contributed by atoms with E-state index < -0.39 is 0 Å². The number of carbonyl (C=O) groups is 1. The maximum atomic E-state index is 11.1. The van der Waals surface area contributed by atoms with Crippen LogP contribution in [0.4, 0.5) is 0 Å². The first-order valence-electron chi connectivity index (χ1n) is 8.74. The molecule has 3 heterocycles. The molecular weight excluding hydrogens is 378 g/mol. The van der Waals surface area contributed by atoms with Gasteiger partial charge in [0.05, 0.1) is 13.7 Å². The summed E-state index contributed by atoms with van der Waals surface area (Å²) < 4.78 is 12.8. The number of amides is 1.